The molecule has 0 saturated heterocycles. The van der Waals surface area contributed by atoms with E-state index in [0.29, 0.717) is 0 Å². The molecule has 60 valence electrons. The summed E-state index contributed by atoms with van der Waals surface area (Å²) < 4.78 is 0. The molecule has 0 aromatic carbocycles. The second-order valence-corrected chi connectivity index (χ2v) is 3.46. The Labute approximate surface area is 64.2 Å². The van der Waals surface area contributed by atoms with Crippen LogP contribution in [0, 0.1) is 11.8 Å². The Kier molecular flexibility index (Phi) is 3.20. The molecule has 2 unspecified atom stereocenters. The molecule has 0 aromatic rings. The summed E-state index contributed by atoms with van der Waals surface area (Å²) in [6.07, 6.45) is 5.76. The molecule has 1 fully saturated rings. The Morgan fingerprint density at radius 3 is 2.80 bits per heavy atom. The summed E-state index contributed by atoms with van der Waals surface area (Å²) in [7, 11) is 2.05. The van der Waals surface area contributed by atoms with Crippen LogP contribution in [-0.4, -0.2) is 13.6 Å². The van der Waals surface area contributed by atoms with Gasteiger partial charge in [-0.3, -0.25) is 0 Å². The van der Waals surface area contributed by atoms with Crippen molar-refractivity contribution in [2.45, 2.75) is 32.6 Å². The molecule has 1 heteroatoms. The molecule has 0 radical (unpaired) electrons. The van der Waals surface area contributed by atoms with Crippen LogP contribution >= 0.6 is 0 Å². The van der Waals surface area contributed by atoms with Crippen molar-refractivity contribution in [1.82, 2.24) is 5.32 Å². The highest BCUT2D eigenvalue weighted by atomic mass is 14.8. The molecule has 0 aromatic heterocycles. The van der Waals surface area contributed by atoms with Gasteiger partial charge in [-0.15, -0.1) is 0 Å². The molecule has 0 aliphatic heterocycles. The van der Waals surface area contributed by atoms with Crippen LogP contribution < -0.4 is 5.32 Å². The molecule has 1 rings (SSSR count). The zero-order valence-corrected chi connectivity index (χ0v) is 7.19. The third-order valence-electron chi connectivity index (χ3n) is 2.46. The van der Waals surface area contributed by atoms with Crippen molar-refractivity contribution < 1.29 is 0 Å². The molecule has 10 heavy (non-hydrogen) atoms. The molecule has 0 spiro atoms. The normalized spacial score (nSPS) is 30.6. The summed E-state index contributed by atoms with van der Waals surface area (Å²) >= 11 is 0. The Balaban J connectivity index is 1.92. The quantitative estimate of drug-likeness (QED) is 0.617. The van der Waals surface area contributed by atoms with Crippen LogP contribution in [0.3, 0.4) is 0 Å². The highest BCUT2D eigenvalue weighted by molar-refractivity contribution is 4.86. The van der Waals surface area contributed by atoms with Crippen molar-refractivity contribution in [2.24, 2.45) is 11.8 Å². The lowest BCUT2D eigenvalue weighted by molar-refractivity contribution is 0.583. The van der Waals surface area contributed by atoms with Crippen LogP contribution in [0.25, 0.3) is 0 Å². The lowest BCUT2D eigenvalue weighted by Gasteiger charge is -1.96. The van der Waals surface area contributed by atoms with E-state index in [2.05, 4.69) is 19.3 Å². The Morgan fingerprint density at radius 1 is 1.40 bits per heavy atom. The molecule has 0 heterocycles. The van der Waals surface area contributed by atoms with E-state index in [4.69, 9.17) is 0 Å². The van der Waals surface area contributed by atoms with Crippen molar-refractivity contribution in [2.75, 3.05) is 13.6 Å². The van der Waals surface area contributed by atoms with Gasteiger partial charge >= 0.3 is 0 Å². The van der Waals surface area contributed by atoms with Crippen LogP contribution in [0.15, 0.2) is 0 Å². The fourth-order valence-corrected chi connectivity index (χ4v) is 1.64. The van der Waals surface area contributed by atoms with E-state index in [1.807, 2.05) is 0 Å². The molecule has 2 atom stereocenters. The van der Waals surface area contributed by atoms with Crippen molar-refractivity contribution in [3.63, 3.8) is 0 Å². The minimum absolute atomic E-state index is 1.02. The third kappa shape index (κ3) is 2.30. The first-order chi connectivity index (χ1) is 4.88. The zero-order chi connectivity index (χ0) is 7.40. The van der Waals surface area contributed by atoms with Crippen LogP contribution in [0.5, 0.6) is 0 Å². The number of hydrogen-bond acceptors (Lipinski definition) is 1. The van der Waals surface area contributed by atoms with E-state index in [1.165, 1.54) is 32.2 Å². The van der Waals surface area contributed by atoms with E-state index in [1.54, 1.807) is 0 Å². The first kappa shape index (κ1) is 8.06. The monoisotopic (exact) mass is 141 g/mol. The summed E-state index contributed by atoms with van der Waals surface area (Å²) in [5.74, 6) is 2.10. The van der Waals surface area contributed by atoms with Crippen LogP contribution in [0.1, 0.15) is 32.6 Å². The van der Waals surface area contributed by atoms with E-state index >= 15 is 0 Å². The van der Waals surface area contributed by atoms with Crippen molar-refractivity contribution >= 4 is 0 Å². The average Bonchev–Trinajstić information content (AvgIpc) is 2.65. The van der Waals surface area contributed by atoms with Gasteiger partial charge in [0, 0.05) is 0 Å². The maximum absolute atomic E-state index is 3.24. The summed E-state index contributed by atoms with van der Waals surface area (Å²) in [6.45, 7) is 3.52. The number of unbranched alkanes of at least 4 members (excludes halogenated alkanes) is 1. The highest BCUT2D eigenvalue weighted by Crippen LogP contribution is 2.41. The molecule has 1 nitrogen and oxygen atoms in total. The van der Waals surface area contributed by atoms with Crippen molar-refractivity contribution in [1.29, 1.82) is 0 Å². The van der Waals surface area contributed by atoms with E-state index in [0.717, 1.165) is 11.8 Å². The Bertz CT molecular complexity index is 90.7. The molecule has 1 aliphatic rings. The van der Waals surface area contributed by atoms with Gasteiger partial charge in [0.05, 0.1) is 0 Å². The molecule has 1 N–H and O–H groups in total. The van der Waals surface area contributed by atoms with Gasteiger partial charge in [-0.2, -0.15) is 0 Å². The minimum Gasteiger partial charge on any atom is -0.319 e. The number of rotatable bonds is 5. The lowest BCUT2D eigenvalue weighted by Crippen LogP contribution is -2.10. The SMILES string of the molecule is CCCCC1CC1CNC. The van der Waals surface area contributed by atoms with Gasteiger partial charge in [-0.05, 0) is 31.8 Å². The fourth-order valence-electron chi connectivity index (χ4n) is 1.64. The van der Waals surface area contributed by atoms with Crippen molar-refractivity contribution in [3.8, 4) is 0 Å². The van der Waals surface area contributed by atoms with Gasteiger partial charge in [-0.25, -0.2) is 0 Å². The summed E-state index contributed by atoms with van der Waals surface area (Å²) in [4.78, 5) is 0. The summed E-state index contributed by atoms with van der Waals surface area (Å²) in [5.41, 5.74) is 0. The van der Waals surface area contributed by atoms with E-state index in [-0.39, 0.29) is 0 Å². The fraction of sp³-hybridized carbons (Fsp3) is 1.00. The van der Waals surface area contributed by atoms with Gasteiger partial charge < -0.3 is 5.32 Å². The predicted molar refractivity (Wildman–Crippen MR) is 45.0 cm³/mol. The zero-order valence-electron chi connectivity index (χ0n) is 7.19. The molecular formula is C9H19N. The topological polar surface area (TPSA) is 12.0 Å². The van der Waals surface area contributed by atoms with E-state index in [9.17, 15) is 0 Å². The summed E-state index contributed by atoms with van der Waals surface area (Å²) in [5, 5.41) is 3.24. The lowest BCUT2D eigenvalue weighted by atomic mass is 10.1. The first-order valence-corrected chi connectivity index (χ1v) is 4.53. The third-order valence-corrected chi connectivity index (χ3v) is 2.46. The highest BCUT2D eigenvalue weighted by Gasteiger charge is 2.34. The van der Waals surface area contributed by atoms with Crippen LogP contribution in [0.2, 0.25) is 0 Å². The largest absolute Gasteiger partial charge is 0.319 e. The predicted octanol–water partition coefficient (Wildman–Crippen LogP) is 2.03. The minimum atomic E-state index is 1.02. The first-order valence-electron chi connectivity index (χ1n) is 4.53. The standard InChI is InChI=1S/C9H19N/c1-3-4-5-8-6-9(8)7-10-2/h8-10H,3-7H2,1-2H3. The molecule has 0 amide bonds. The van der Waals surface area contributed by atoms with E-state index < -0.39 is 0 Å². The maximum atomic E-state index is 3.24. The summed E-state index contributed by atoms with van der Waals surface area (Å²) in [6, 6.07) is 0. The van der Waals surface area contributed by atoms with Gasteiger partial charge in [0.1, 0.15) is 0 Å². The van der Waals surface area contributed by atoms with Crippen LogP contribution in [-0.2, 0) is 0 Å². The molecule has 1 aliphatic carbocycles. The van der Waals surface area contributed by atoms with Gasteiger partial charge in [0.25, 0.3) is 0 Å². The second kappa shape index (κ2) is 3.97. The van der Waals surface area contributed by atoms with Gasteiger partial charge in [-0.1, -0.05) is 26.2 Å². The average molecular weight is 141 g/mol. The molecule has 0 bridgehead atoms. The molecular weight excluding hydrogens is 122 g/mol. The van der Waals surface area contributed by atoms with Gasteiger partial charge in [0.2, 0.25) is 0 Å². The Hall–Kier alpha value is -0.0400. The van der Waals surface area contributed by atoms with Gasteiger partial charge in [0.15, 0.2) is 0 Å². The second-order valence-electron chi connectivity index (χ2n) is 3.46. The van der Waals surface area contributed by atoms with Crippen LogP contribution in [0.4, 0.5) is 0 Å². The number of hydrogen-bond donors (Lipinski definition) is 1. The maximum Gasteiger partial charge on any atom is -0.00208 e. The van der Waals surface area contributed by atoms with Crippen molar-refractivity contribution in [3.05, 3.63) is 0 Å². The smallest absolute Gasteiger partial charge is 0.00208 e. The number of nitrogens with one attached hydrogen (secondary N) is 1. The Morgan fingerprint density at radius 2 is 2.20 bits per heavy atom. The molecule has 1 saturated carbocycles.